The van der Waals surface area contributed by atoms with E-state index in [4.69, 9.17) is 0 Å². The van der Waals surface area contributed by atoms with Crippen molar-refractivity contribution in [1.82, 2.24) is 4.57 Å². The molecule has 0 saturated heterocycles. The third kappa shape index (κ3) is 7.48. The molecular formula is C69H61N3. The van der Waals surface area contributed by atoms with Crippen molar-refractivity contribution in [3.63, 3.8) is 0 Å². The number of hydrogen-bond acceptors (Lipinski definition) is 2. The van der Waals surface area contributed by atoms with Crippen LogP contribution in [0.3, 0.4) is 0 Å². The quantitative estimate of drug-likeness (QED) is 0.127. The number of aromatic nitrogens is 1. The summed E-state index contributed by atoms with van der Waals surface area (Å²) in [4.78, 5) is 5.26. The number of allylic oxidation sites excluding steroid dienone is 20. The summed E-state index contributed by atoms with van der Waals surface area (Å²) in [5.41, 5.74) is 21.4. The van der Waals surface area contributed by atoms with Gasteiger partial charge in [-0.3, -0.25) is 0 Å². The summed E-state index contributed by atoms with van der Waals surface area (Å²) < 4.78 is 2.48. The molecule has 3 nitrogen and oxygen atoms in total. The smallest absolute Gasteiger partial charge is 0.0630 e. The molecule has 0 spiro atoms. The average molecular weight is 932 g/mol. The Morgan fingerprint density at radius 2 is 1.61 bits per heavy atom. The molecule has 1 aromatic heterocycles. The number of hydrogen-bond donors (Lipinski definition) is 0. The van der Waals surface area contributed by atoms with Gasteiger partial charge in [0.05, 0.1) is 23.1 Å². The molecule has 0 fully saturated rings. The second-order valence-corrected chi connectivity index (χ2v) is 21.0. The van der Waals surface area contributed by atoms with Crippen molar-refractivity contribution in [3.05, 3.63) is 270 Å². The number of anilines is 3. The lowest BCUT2D eigenvalue weighted by atomic mass is 9.79. The second kappa shape index (κ2) is 18.1. The summed E-state index contributed by atoms with van der Waals surface area (Å²) in [7, 11) is 0. The van der Waals surface area contributed by atoms with E-state index in [-0.39, 0.29) is 23.4 Å². The maximum Gasteiger partial charge on any atom is 0.0630 e. The molecule has 7 aliphatic rings. The first-order valence-electron chi connectivity index (χ1n) is 26.3. The van der Waals surface area contributed by atoms with Gasteiger partial charge in [0.25, 0.3) is 0 Å². The zero-order valence-corrected chi connectivity index (χ0v) is 41.5. The number of rotatable bonds is 10. The first kappa shape index (κ1) is 44.1. The highest BCUT2D eigenvalue weighted by Gasteiger charge is 2.42. The van der Waals surface area contributed by atoms with Crippen LogP contribution in [0.15, 0.2) is 242 Å². The fourth-order valence-electron chi connectivity index (χ4n) is 13.0. The summed E-state index contributed by atoms with van der Waals surface area (Å²) >= 11 is 0. The topological polar surface area (TPSA) is 11.4 Å². The molecule has 352 valence electrons. The molecule has 4 atom stereocenters. The van der Waals surface area contributed by atoms with Crippen LogP contribution in [0.4, 0.5) is 17.1 Å². The minimum Gasteiger partial charge on any atom is -0.338 e. The first-order chi connectivity index (χ1) is 35.4. The Morgan fingerprint density at radius 1 is 0.736 bits per heavy atom. The van der Waals surface area contributed by atoms with Crippen LogP contribution in [0, 0.1) is 5.92 Å². The highest BCUT2D eigenvalue weighted by atomic mass is 15.2. The third-order valence-corrected chi connectivity index (χ3v) is 16.5. The molecule has 6 aromatic rings. The van der Waals surface area contributed by atoms with Crippen LogP contribution in [0.5, 0.6) is 0 Å². The lowest BCUT2D eigenvalue weighted by Crippen LogP contribution is -2.35. The van der Waals surface area contributed by atoms with Gasteiger partial charge in [-0.05, 0) is 149 Å². The number of fused-ring (bicyclic) bond motifs is 8. The van der Waals surface area contributed by atoms with Crippen LogP contribution in [0.2, 0.25) is 0 Å². The van der Waals surface area contributed by atoms with Gasteiger partial charge in [0.2, 0.25) is 0 Å². The summed E-state index contributed by atoms with van der Waals surface area (Å²) in [6.07, 6.45) is 49.3. The molecule has 1 aliphatic heterocycles. The zero-order chi connectivity index (χ0) is 48.3. The van der Waals surface area contributed by atoms with Crippen molar-refractivity contribution in [1.29, 1.82) is 0 Å². The Labute approximate surface area is 425 Å². The SMILES string of the molecule is C=C/C=C\C=C\c1ccc(N(C2=CC3=C(CC2)c2ccc(N4c5ccccc5C5C=C(c6ccc7c(c6)c6ccccc6n7C6=CC=CCC6)C=CC54)cc2C3(C)C)C2C=CC(C3C=CC=CC3)=CC2)cc1. The molecule has 0 amide bonds. The summed E-state index contributed by atoms with van der Waals surface area (Å²) in [6.45, 7) is 8.72. The normalized spacial score (nSPS) is 22.6. The van der Waals surface area contributed by atoms with E-state index in [2.05, 4.69) is 241 Å². The van der Waals surface area contributed by atoms with Crippen LogP contribution in [0.25, 0.3) is 44.7 Å². The lowest BCUT2D eigenvalue weighted by Gasteiger charge is -2.38. The predicted octanol–water partition coefficient (Wildman–Crippen LogP) is 17.6. The van der Waals surface area contributed by atoms with E-state index in [0.29, 0.717) is 5.92 Å². The molecule has 2 heterocycles. The van der Waals surface area contributed by atoms with Gasteiger partial charge in [0, 0.05) is 56.5 Å². The summed E-state index contributed by atoms with van der Waals surface area (Å²) in [5, 5.41) is 2.62. The fourth-order valence-corrected chi connectivity index (χ4v) is 13.0. The van der Waals surface area contributed by atoms with Crippen molar-refractivity contribution in [3.8, 4) is 0 Å². The highest BCUT2D eigenvalue weighted by molar-refractivity contribution is 6.11. The monoisotopic (exact) mass is 931 g/mol. The number of benzene rings is 5. The minimum absolute atomic E-state index is 0.165. The molecule has 4 unspecified atom stereocenters. The van der Waals surface area contributed by atoms with Crippen molar-refractivity contribution in [2.75, 3.05) is 9.80 Å². The Hall–Kier alpha value is -7.88. The zero-order valence-electron chi connectivity index (χ0n) is 41.5. The molecule has 13 rings (SSSR count). The van der Waals surface area contributed by atoms with E-state index in [0.717, 1.165) is 38.5 Å². The first-order valence-corrected chi connectivity index (χ1v) is 26.3. The Balaban J connectivity index is 0.811. The number of nitrogens with zero attached hydrogens (tertiary/aromatic N) is 3. The minimum atomic E-state index is -0.165. The van der Waals surface area contributed by atoms with Gasteiger partial charge < -0.3 is 14.4 Å². The molecule has 0 radical (unpaired) electrons. The molecule has 6 aliphatic carbocycles. The Kier molecular flexibility index (Phi) is 11.1. The van der Waals surface area contributed by atoms with Crippen LogP contribution in [0.1, 0.15) is 86.1 Å². The fraction of sp³-hybridized carbons (Fsp3) is 0.188. The van der Waals surface area contributed by atoms with Gasteiger partial charge in [0.15, 0.2) is 0 Å². The van der Waals surface area contributed by atoms with Gasteiger partial charge in [-0.2, -0.15) is 0 Å². The van der Waals surface area contributed by atoms with E-state index < -0.39 is 0 Å². The van der Waals surface area contributed by atoms with Crippen molar-refractivity contribution in [2.24, 2.45) is 5.92 Å². The Bertz CT molecular complexity index is 3590. The second-order valence-electron chi connectivity index (χ2n) is 21.0. The van der Waals surface area contributed by atoms with Crippen molar-refractivity contribution >= 4 is 61.8 Å². The van der Waals surface area contributed by atoms with E-state index in [1.165, 1.54) is 100 Å². The van der Waals surface area contributed by atoms with E-state index in [9.17, 15) is 0 Å². The third-order valence-electron chi connectivity index (χ3n) is 16.5. The largest absolute Gasteiger partial charge is 0.338 e. The van der Waals surface area contributed by atoms with E-state index in [1.54, 1.807) is 0 Å². The van der Waals surface area contributed by atoms with Crippen LogP contribution in [-0.4, -0.2) is 16.7 Å². The average Bonchev–Trinajstić information content (AvgIpc) is 4.03. The maximum atomic E-state index is 3.81. The molecule has 0 bridgehead atoms. The number of para-hydroxylation sites is 2. The van der Waals surface area contributed by atoms with Crippen LogP contribution >= 0.6 is 0 Å². The van der Waals surface area contributed by atoms with Crippen molar-refractivity contribution in [2.45, 2.75) is 75.8 Å². The van der Waals surface area contributed by atoms with Gasteiger partial charge in [-0.1, -0.05) is 184 Å². The van der Waals surface area contributed by atoms with Crippen LogP contribution < -0.4 is 9.80 Å². The molecule has 0 N–H and O–H groups in total. The molecular weight excluding hydrogens is 871 g/mol. The predicted molar refractivity (Wildman–Crippen MR) is 307 cm³/mol. The van der Waals surface area contributed by atoms with Crippen molar-refractivity contribution < 1.29 is 0 Å². The molecule has 72 heavy (non-hydrogen) atoms. The van der Waals surface area contributed by atoms with Gasteiger partial charge in [-0.15, -0.1) is 0 Å². The van der Waals surface area contributed by atoms with Gasteiger partial charge in [-0.25, -0.2) is 0 Å². The summed E-state index contributed by atoms with van der Waals surface area (Å²) in [5.74, 6) is 0.689. The highest BCUT2D eigenvalue weighted by Crippen LogP contribution is 2.55. The molecule has 0 saturated carbocycles. The standard InChI is InChI=1S/C69H61N3/c1-4-5-6-9-18-47-27-33-53(34-28-47)70(54-35-29-49(30-36-54)48-19-10-7-11-20-48)55-37-39-57-58-40-38-56(46-64(58)69(2,3)63(57)45-55)72-66-26-17-15-24-60(66)62-44-51(32-42-68(62)72)50-31-41-67-61(43-50)59-23-14-16-25-65(59)71(67)52-21-12-8-13-22-52/h4-12,14-19,21,23-35,38,40-46,48,54,62,68H,1,13,20,22,36-37,39H2,2-3H3/b6-5-,18-9+. The molecule has 3 heteroatoms. The maximum absolute atomic E-state index is 3.81. The van der Waals surface area contributed by atoms with E-state index in [1.807, 2.05) is 18.2 Å². The van der Waals surface area contributed by atoms with Gasteiger partial charge >= 0.3 is 0 Å². The van der Waals surface area contributed by atoms with E-state index >= 15 is 0 Å². The lowest BCUT2D eigenvalue weighted by molar-refractivity contribution is 0.641. The van der Waals surface area contributed by atoms with Gasteiger partial charge in [0.1, 0.15) is 0 Å². The summed E-state index contributed by atoms with van der Waals surface area (Å²) in [6, 6.07) is 42.1. The van der Waals surface area contributed by atoms with Crippen LogP contribution in [-0.2, 0) is 5.41 Å². The molecule has 5 aromatic carbocycles. The Morgan fingerprint density at radius 3 is 2.44 bits per heavy atom.